The van der Waals surface area contributed by atoms with Crippen LogP contribution in [-0.2, 0) is 14.9 Å². The van der Waals surface area contributed by atoms with Gasteiger partial charge in [-0.15, -0.1) is 0 Å². The number of aryl methyl sites for hydroxylation is 1. The van der Waals surface area contributed by atoms with Crippen LogP contribution in [0.5, 0.6) is 0 Å². The number of esters is 1. The van der Waals surface area contributed by atoms with Crippen LogP contribution in [0.1, 0.15) is 38.4 Å². The van der Waals surface area contributed by atoms with Crippen LogP contribution in [0.25, 0.3) is 27.3 Å². The number of ether oxygens (including phenoxy) is 1. The molecular formula is C25H26N2O2. The van der Waals surface area contributed by atoms with E-state index in [2.05, 4.69) is 53.8 Å². The Bertz CT molecular complexity index is 1280. The fraction of sp³-hybridized carbons (Fsp3) is 0.280. The molecule has 0 spiro atoms. The van der Waals surface area contributed by atoms with Crippen LogP contribution in [0.15, 0.2) is 60.3 Å². The van der Waals surface area contributed by atoms with E-state index in [9.17, 15) is 4.79 Å². The zero-order valence-electron chi connectivity index (χ0n) is 17.6. The van der Waals surface area contributed by atoms with Crippen LogP contribution in [0.4, 0.5) is 0 Å². The molecule has 0 saturated heterocycles. The van der Waals surface area contributed by atoms with Crippen molar-refractivity contribution in [2.75, 3.05) is 7.11 Å². The second kappa shape index (κ2) is 7.03. The lowest BCUT2D eigenvalue weighted by atomic mass is 9.82. The predicted octanol–water partition coefficient (Wildman–Crippen LogP) is 5.74. The van der Waals surface area contributed by atoms with Gasteiger partial charge in [-0.2, -0.15) is 0 Å². The third-order valence-corrected chi connectivity index (χ3v) is 5.81. The third-order valence-electron chi connectivity index (χ3n) is 5.81. The topological polar surface area (TPSA) is 43.6 Å². The Balaban J connectivity index is 2.17. The zero-order chi connectivity index (χ0) is 20.8. The molecule has 0 aliphatic heterocycles. The van der Waals surface area contributed by atoms with Crippen LogP contribution in [0, 0.1) is 6.92 Å². The number of carbonyl (C=O) groups is 1. The van der Waals surface area contributed by atoms with Crippen LogP contribution in [0.2, 0.25) is 0 Å². The number of allylic oxidation sites excluding steroid dienone is 2. The van der Waals surface area contributed by atoms with E-state index in [0.29, 0.717) is 6.42 Å². The van der Waals surface area contributed by atoms with Crippen LogP contribution >= 0.6 is 0 Å². The van der Waals surface area contributed by atoms with E-state index in [-0.39, 0.29) is 5.97 Å². The van der Waals surface area contributed by atoms with Gasteiger partial charge in [0.2, 0.25) is 0 Å². The number of imidazole rings is 1. The predicted molar refractivity (Wildman–Crippen MR) is 118 cm³/mol. The van der Waals surface area contributed by atoms with Gasteiger partial charge in [0.25, 0.3) is 0 Å². The molecule has 1 unspecified atom stereocenters. The Labute approximate surface area is 170 Å². The number of hydrogen-bond donors (Lipinski definition) is 0. The number of nitrogens with zero attached hydrogens (tertiary/aromatic N) is 2. The first-order valence-corrected chi connectivity index (χ1v) is 9.88. The molecule has 148 valence electrons. The van der Waals surface area contributed by atoms with Crippen molar-refractivity contribution in [3.05, 3.63) is 71.6 Å². The Morgan fingerprint density at radius 3 is 2.55 bits per heavy atom. The normalized spacial score (nSPS) is 13.6. The summed E-state index contributed by atoms with van der Waals surface area (Å²) < 4.78 is 7.37. The van der Waals surface area contributed by atoms with Crippen molar-refractivity contribution in [2.45, 2.75) is 39.5 Å². The second-order valence-electron chi connectivity index (χ2n) is 8.13. The van der Waals surface area contributed by atoms with E-state index < -0.39 is 5.41 Å². The molecular weight excluding hydrogens is 360 g/mol. The molecule has 1 atom stereocenters. The van der Waals surface area contributed by atoms with Gasteiger partial charge in [0.15, 0.2) is 0 Å². The number of hydrogen-bond acceptors (Lipinski definition) is 3. The summed E-state index contributed by atoms with van der Waals surface area (Å²) in [6.07, 6.45) is 4.47. The van der Waals surface area contributed by atoms with Crippen molar-refractivity contribution in [2.24, 2.45) is 0 Å². The minimum atomic E-state index is -0.843. The van der Waals surface area contributed by atoms with Gasteiger partial charge in [-0.1, -0.05) is 48.0 Å². The summed E-state index contributed by atoms with van der Waals surface area (Å²) in [6.45, 7) is 8.15. The van der Waals surface area contributed by atoms with Crippen molar-refractivity contribution >= 4 is 33.3 Å². The summed E-state index contributed by atoms with van der Waals surface area (Å²) in [5, 5.41) is 3.44. The number of carbonyl (C=O) groups excluding carboxylic acids is 1. The molecule has 0 aliphatic carbocycles. The minimum absolute atomic E-state index is 0.259. The summed E-state index contributed by atoms with van der Waals surface area (Å²) in [4.78, 5) is 17.7. The number of fused-ring (bicyclic) bond motifs is 6. The van der Waals surface area contributed by atoms with Gasteiger partial charge in [0.1, 0.15) is 11.1 Å². The van der Waals surface area contributed by atoms with Crippen molar-refractivity contribution < 1.29 is 9.53 Å². The first kappa shape index (κ1) is 19.2. The molecule has 0 radical (unpaired) electrons. The summed E-state index contributed by atoms with van der Waals surface area (Å²) in [7, 11) is 1.45. The molecule has 2 aromatic heterocycles. The van der Waals surface area contributed by atoms with E-state index in [4.69, 9.17) is 9.72 Å². The Hall–Kier alpha value is -3.14. The van der Waals surface area contributed by atoms with E-state index >= 15 is 0 Å². The van der Waals surface area contributed by atoms with Gasteiger partial charge in [0.05, 0.1) is 24.5 Å². The largest absolute Gasteiger partial charge is 0.468 e. The van der Waals surface area contributed by atoms with E-state index in [1.165, 1.54) is 29.0 Å². The molecule has 0 aliphatic rings. The third kappa shape index (κ3) is 2.91. The SMILES string of the molecule is COC(=O)C(C)(CC=C(C)C)c1cnc2c3ccccc3c3c(C)cccc3n12. The minimum Gasteiger partial charge on any atom is -0.468 e. The average Bonchev–Trinajstić information content (AvgIpc) is 3.17. The number of pyridine rings is 1. The van der Waals surface area contributed by atoms with Crippen molar-refractivity contribution in [3.8, 4) is 0 Å². The standard InChI is InChI=1S/C25H26N2O2/c1-16(2)13-14-25(4,24(28)29-5)21-15-26-23-19-11-7-6-10-18(19)22-17(3)9-8-12-20(22)27(21)23/h6-13,15H,14H2,1-5H3. The van der Waals surface area contributed by atoms with Crippen LogP contribution < -0.4 is 0 Å². The molecule has 0 fully saturated rings. The number of benzene rings is 2. The molecule has 0 amide bonds. The Kier molecular flexibility index (Phi) is 4.65. The Morgan fingerprint density at radius 1 is 1.14 bits per heavy atom. The molecule has 4 heteroatoms. The van der Waals surface area contributed by atoms with Gasteiger partial charge >= 0.3 is 5.97 Å². The second-order valence-corrected chi connectivity index (χ2v) is 8.13. The fourth-order valence-corrected chi connectivity index (χ4v) is 4.19. The summed E-state index contributed by atoms with van der Waals surface area (Å²) >= 11 is 0. The van der Waals surface area contributed by atoms with Gasteiger partial charge < -0.3 is 4.74 Å². The lowest BCUT2D eigenvalue weighted by molar-refractivity contribution is -0.147. The fourth-order valence-electron chi connectivity index (χ4n) is 4.19. The smallest absolute Gasteiger partial charge is 0.317 e. The molecule has 0 saturated carbocycles. The first-order valence-electron chi connectivity index (χ1n) is 9.88. The number of rotatable bonds is 4. The highest BCUT2D eigenvalue weighted by Gasteiger charge is 2.39. The Morgan fingerprint density at radius 2 is 1.86 bits per heavy atom. The molecule has 0 N–H and O–H groups in total. The van der Waals surface area contributed by atoms with Gasteiger partial charge in [-0.3, -0.25) is 9.20 Å². The van der Waals surface area contributed by atoms with Crippen LogP contribution in [0.3, 0.4) is 0 Å². The lowest BCUT2D eigenvalue weighted by Gasteiger charge is -2.26. The quantitative estimate of drug-likeness (QED) is 0.255. The zero-order valence-corrected chi connectivity index (χ0v) is 17.6. The van der Waals surface area contributed by atoms with E-state index in [1.54, 1.807) is 0 Å². The summed E-state index contributed by atoms with van der Waals surface area (Å²) in [6, 6.07) is 14.6. The van der Waals surface area contributed by atoms with Gasteiger partial charge in [0, 0.05) is 10.8 Å². The van der Waals surface area contributed by atoms with Crippen LogP contribution in [-0.4, -0.2) is 22.5 Å². The highest BCUT2D eigenvalue weighted by molar-refractivity contribution is 6.13. The van der Waals surface area contributed by atoms with Gasteiger partial charge in [-0.25, -0.2) is 4.98 Å². The van der Waals surface area contributed by atoms with Crippen molar-refractivity contribution in [3.63, 3.8) is 0 Å². The van der Waals surface area contributed by atoms with Gasteiger partial charge in [-0.05, 0) is 51.1 Å². The molecule has 4 nitrogen and oxygen atoms in total. The number of methoxy groups -OCH3 is 1. The van der Waals surface area contributed by atoms with Crippen molar-refractivity contribution in [1.29, 1.82) is 0 Å². The molecule has 0 bridgehead atoms. The molecule has 4 aromatic rings. The summed E-state index contributed by atoms with van der Waals surface area (Å²) in [5.74, 6) is -0.259. The maximum atomic E-state index is 13.0. The van der Waals surface area contributed by atoms with Crippen molar-refractivity contribution in [1.82, 2.24) is 9.38 Å². The van der Waals surface area contributed by atoms with E-state index in [1.807, 2.05) is 33.0 Å². The first-order chi connectivity index (χ1) is 13.9. The lowest BCUT2D eigenvalue weighted by Crippen LogP contribution is -2.34. The molecule has 29 heavy (non-hydrogen) atoms. The highest BCUT2D eigenvalue weighted by atomic mass is 16.5. The number of aromatic nitrogens is 2. The maximum absolute atomic E-state index is 13.0. The molecule has 4 rings (SSSR count). The average molecular weight is 386 g/mol. The molecule has 2 aromatic carbocycles. The maximum Gasteiger partial charge on any atom is 0.317 e. The molecule has 2 heterocycles. The monoisotopic (exact) mass is 386 g/mol. The van der Waals surface area contributed by atoms with E-state index in [0.717, 1.165) is 22.2 Å². The summed E-state index contributed by atoms with van der Waals surface area (Å²) in [5.41, 5.74) is 4.28. The highest BCUT2D eigenvalue weighted by Crippen LogP contribution is 2.37.